The SMILES string of the molecule is CC(C)(C)[C@H](c1nc(-c2cc(F)ccc2F)nn1Cc1ccccc1)N(CC[C@@H](N)CF)C(=O)N1CCC[C@@H]1CO. The van der Waals surface area contributed by atoms with Crippen molar-refractivity contribution in [1.82, 2.24) is 24.6 Å². The van der Waals surface area contributed by atoms with Crippen LogP contribution in [0.15, 0.2) is 48.5 Å². The number of halogens is 3. The van der Waals surface area contributed by atoms with Crippen LogP contribution in [0.2, 0.25) is 0 Å². The minimum atomic E-state index is -0.766. The van der Waals surface area contributed by atoms with Crippen LogP contribution in [-0.2, 0) is 6.54 Å². The topological polar surface area (TPSA) is 101 Å². The van der Waals surface area contributed by atoms with Gasteiger partial charge in [0.25, 0.3) is 0 Å². The van der Waals surface area contributed by atoms with Crippen molar-refractivity contribution in [2.75, 3.05) is 26.4 Å². The maximum absolute atomic E-state index is 14.9. The van der Waals surface area contributed by atoms with Crippen molar-refractivity contribution in [3.63, 3.8) is 0 Å². The van der Waals surface area contributed by atoms with Crippen molar-refractivity contribution >= 4 is 6.03 Å². The zero-order chi connectivity index (χ0) is 29.7. The van der Waals surface area contributed by atoms with Crippen LogP contribution >= 0.6 is 0 Å². The molecule has 0 unspecified atom stereocenters. The van der Waals surface area contributed by atoms with Gasteiger partial charge in [-0.15, -0.1) is 0 Å². The molecule has 0 bridgehead atoms. The van der Waals surface area contributed by atoms with Gasteiger partial charge in [-0.05, 0) is 48.4 Å². The van der Waals surface area contributed by atoms with Gasteiger partial charge in [-0.2, -0.15) is 5.10 Å². The molecule has 41 heavy (non-hydrogen) atoms. The van der Waals surface area contributed by atoms with Crippen LogP contribution in [0.25, 0.3) is 11.4 Å². The first kappa shape index (κ1) is 30.5. The monoisotopic (exact) mass is 572 g/mol. The van der Waals surface area contributed by atoms with Crippen molar-refractivity contribution in [3.05, 3.63) is 71.6 Å². The third-order valence-electron chi connectivity index (χ3n) is 7.44. The van der Waals surface area contributed by atoms with E-state index < -0.39 is 35.8 Å². The highest BCUT2D eigenvalue weighted by atomic mass is 19.1. The summed E-state index contributed by atoms with van der Waals surface area (Å²) in [5.41, 5.74) is 6.12. The van der Waals surface area contributed by atoms with Crippen LogP contribution in [0.3, 0.4) is 0 Å². The maximum Gasteiger partial charge on any atom is 0.320 e. The van der Waals surface area contributed by atoms with Crippen LogP contribution in [0.4, 0.5) is 18.0 Å². The molecule has 2 heterocycles. The van der Waals surface area contributed by atoms with Crippen molar-refractivity contribution in [2.45, 2.75) is 64.7 Å². The molecule has 2 amide bonds. The second-order valence-corrected chi connectivity index (χ2v) is 11.7. The number of likely N-dealkylation sites (tertiary alicyclic amines) is 1. The molecule has 1 fully saturated rings. The summed E-state index contributed by atoms with van der Waals surface area (Å²) in [6, 6.07) is 10.5. The highest BCUT2D eigenvalue weighted by Gasteiger charge is 2.42. The summed E-state index contributed by atoms with van der Waals surface area (Å²) < 4.78 is 44.1. The number of urea groups is 1. The molecule has 0 radical (unpaired) electrons. The Bertz CT molecular complexity index is 1310. The highest BCUT2D eigenvalue weighted by molar-refractivity contribution is 5.76. The summed E-state index contributed by atoms with van der Waals surface area (Å²) in [7, 11) is 0. The van der Waals surface area contributed by atoms with Gasteiger partial charge < -0.3 is 20.6 Å². The molecule has 3 N–H and O–H groups in total. The second-order valence-electron chi connectivity index (χ2n) is 11.7. The average molecular weight is 573 g/mol. The van der Waals surface area contributed by atoms with Crippen LogP contribution in [-0.4, -0.2) is 74.2 Å². The first-order valence-corrected chi connectivity index (χ1v) is 14.0. The quantitative estimate of drug-likeness (QED) is 0.359. The fourth-order valence-electron chi connectivity index (χ4n) is 5.37. The van der Waals surface area contributed by atoms with E-state index in [2.05, 4.69) is 5.10 Å². The summed E-state index contributed by atoms with van der Waals surface area (Å²) in [6.07, 6.45) is 1.63. The number of aromatic nitrogens is 3. The largest absolute Gasteiger partial charge is 0.394 e. The Morgan fingerprint density at radius 3 is 2.59 bits per heavy atom. The fourth-order valence-corrected chi connectivity index (χ4v) is 5.37. The average Bonchev–Trinajstić information content (AvgIpc) is 3.58. The van der Waals surface area contributed by atoms with Gasteiger partial charge in [-0.3, -0.25) is 0 Å². The predicted octanol–water partition coefficient (Wildman–Crippen LogP) is 4.92. The maximum atomic E-state index is 14.9. The first-order chi connectivity index (χ1) is 19.5. The predicted molar refractivity (Wildman–Crippen MR) is 151 cm³/mol. The Kier molecular flexibility index (Phi) is 9.70. The number of hydrogen-bond donors (Lipinski definition) is 2. The number of aliphatic hydroxyl groups is 1. The molecule has 2 aromatic carbocycles. The molecule has 0 aliphatic carbocycles. The fraction of sp³-hybridized carbons (Fsp3) is 0.500. The number of hydrogen-bond acceptors (Lipinski definition) is 5. The zero-order valence-electron chi connectivity index (χ0n) is 23.8. The lowest BCUT2D eigenvalue weighted by Crippen LogP contribution is -2.52. The summed E-state index contributed by atoms with van der Waals surface area (Å²) in [5, 5.41) is 14.6. The number of alkyl halides is 1. The third-order valence-corrected chi connectivity index (χ3v) is 7.44. The van der Waals surface area contributed by atoms with Crippen molar-refractivity contribution in [1.29, 1.82) is 0 Å². The first-order valence-electron chi connectivity index (χ1n) is 14.0. The lowest BCUT2D eigenvalue weighted by atomic mass is 9.84. The van der Waals surface area contributed by atoms with E-state index in [4.69, 9.17) is 10.7 Å². The number of rotatable bonds is 10. The number of amides is 2. The number of benzene rings is 2. The molecular formula is C30H39F3N6O2. The van der Waals surface area contributed by atoms with Gasteiger partial charge in [-0.25, -0.2) is 27.6 Å². The van der Waals surface area contributed by atoms with Crippen LogP contribution in [0.1, 0.15) is 57.5 Å². The number of carbonyl (C=O) groups is 1. The molecule has 4 rings (SSSR count). The normalized spacial score (nSPS) is 17.1. The lowest BCUT2D eigenvalue weighted by Gasteiger charge is -2.42. The van der Waals surface area contributed by atoms with Crippen LogP contribution < -0.4 is 5.73 Å². The molecule has 8 nitrogen and oxygen atoms in total. The van der Waals surface area contributed by atoms with E-state index in [9.17, 15) is 23.1 Å². The van der Waals surface area contributed by atoms with Crippen molar-refractivity contribution < 1.29 is 23.1 Å². The van der Waals surface area contributed by atoms with Gasteiger partial charge in [0.1, 0.15) is 18.3 Å². The van der Waals surface area contributed by atoms with E-state index in [0.717, 1.165) is 30.2 Å². The Morgan fingerprint density at radius 2 is 1.93 bits per heavy atom. The van der Waals surface area contributed by atoms with E-state index in [1.807, 2.05) is 51.1 Å². The lowest BCUT2D eigenvalue weighted by molar-refractivity contribution is 0.0704. The van der Waals surface area contributed by atoms with Crippen LogP contribution in [0.5, 0.6) is 0 Å². The van der Waals surface area contributed by atoms with Crippen molar-refractivity contribution in [2.24, 2.45) is 11.1 Å². The van der Waals surface area contributed by atoms with E-state index in [-0.39, 0.29) is 49.6 Å². The van der Waals surface area contributed by atoms with Gasteiger partial charge in [0.2, 0.25) is 0 Å². The molecule has 1 aliphatic heterocycles. The van der Waals surface area contributed by atoms with E-state index >= 15 is 0 Å². The Morgan fingerprint density at radius 1 is 1.20 bits per heavy atom. The van der Waals surface area contributed by atoms with Gasteiger partial charge in [-0.1, -0.05) is 51.1 Å². The number of aliphatic hydroxyl groups excluding tert-OH is 1. The minimum Gasteiger partial charge on any atom is -0.394 e. The summed E-state index contributed by atoms with van der Waals surface area (Å²) in [5.74, 6) is -0.936. The smallest absolute Gasteiger partial charge is 0.320 e. The zero-order valence-corrected chi connectivity index (χ0v) is 23.8. The molecule has 11 heteroatoms. The molecule has 0 spiro atoms. The van der Waals surface area contributed by atoms with Crippen LogP contribution in [0, 0.1) is 17.0 Å². The number of carbonyl (C=O) groups excluding carboxylic acids is 1. The van der Waals surface area contributed by atoms with Crippen molar-refractivity contribution in [3.8, 4) is 11.4 Å². The second kappa shape index (κ2) is 13.0. The number of nitrogens with zero attached hydrogens (tertiary/aromatic N) is 5. The highest BCUT2D eigenvalue weighted by Crippen LogP contribution is 2.40. The van der Waals surface area contributed by atoms with Gasteiger partial charge in [0.05, 0.1) is 30.8 Å². The van der Waals surface area contributed by atoms with E-state index in [0.29, 0.717) is 18.8 Å². The van der Waals surface area contributed by atoms with Gasteiger partial charge in [0.15, 0.2) is 11.6 Å². The van der Waals surface area contributed by atoms with Gasteiger partial charge in [0, 0.05) is 19.1 Å². The van der Waals surface area contributed by atoms with E-state index in [1.165, 1.54) is 0 Å². The summed E-state index contributed by atoms with van der Waals surface area (Å²) in [6.45, 7) is 5.81. The molecule has 1 aliphatic rings. The molecule has 3 aromatic rings. The molecule has 0 saturated carbocycles. The molecule has 1 aromatic heterocycles. The Balaban J connectivity index is 1.87. The minimum absolute atomic E-state index is 0.00977. The third kappa shape index (κ3) is 7.08. The molecule has 1 saturated heterocycles. The summed E-state index contributed by atoms with van der Waals surface area (Å²) in [4.78, 5) is 22.2. The summed E-state index contributed by atoms with van der Waals surface area (Å²) >= 11 is 0. The molecule has 3 atom stereocenters. The Labute approximate surface area is 239 Å². The standard InChI is InChI=1S/C30H39F3N6O2/c1-30(2,3)26(38(15-13-22(34)17-31)29(41)37-14-7-10-23(37)19-40)28-35-27(24-16-21(32)11-12-25(24)33)36-39(28)18-20-8-5-4-6-9-20/h4-6,8-9,11-12,16,22-23,26,40H,7,10,13-15,17-19,34H2,1-3H3/t22-,23-,26+/m1/s1. The van der Waals surface area contributed by atoms with Gasteiger partial charge >= 0.3 is 6.03 Å². The van der Waals surface area contributed by atoms with E-state index in [1.54, 1.807) is 14.5 Å². The number of nitrogens with two attached hydrogens (primary N) is 1. The molecule has 222 valence electrons. The molecular weight excluding hydrogens is 533 g/mol. The Hall–Kier alpha value is -3.44.